The van der Waals surface area contributed by atoms with Crippen LogP contribution in [0.25, 0.3) is 0 Å². The molecule has 0 aliphatic carbocycles. The number of nitrogens with one attached hydrogen (secondary N) is 2. The topological polar surface area (TPSA) is 72.0 Å². The van der Waals surface area contributed by atoms with Crippen molar-refractivity contribution in [2.45, 2.75) is 32.8 Å². The number of benzene rings is 2. The highest BCUT2D eigenvalue weighted by molar-refractivity contribution is 5.89. The van der Waals surface area contributed by atoms with Gasteiger partial charge in [-0.15, -0.1) is 0 Å². The normalized spacial score (nSPS) is 11.8. The van der Waals surface area contributed by atoms with Gasteiger partial charge in [0.05, 0.1) is 18.8 Å². The summed E-state index contributed by atoms with van der Waals surface area (Å²) >= 11 is 0. The lowest BCUT2D eigenvalue weighted by molar-refractivity contribution is -0.176. The van der Waals surface area contributed by atoms with Gasteiger partial charge in [0.25, 0.3) is 0 Å². The molecule has 0 aromatic heterocycles. The van der Waals surface area contributed by atoms with Crippen LogP contribution in [-0.2, 0) is 29.2 Å². The Hall–Kier alpha value is -3.07. The Morgan fingerprint density at radius 3 is 1.94 bits per heavy atom. The molecule has 0 unspecified atom stereocenters. The van der Waals surface area contributed by atoms with E-state index in [1.54, 1.807) is 38.2 Å². The molecule has 0 fully saturated rings. The van der Waals surface area contributed by atoms with E-state index < -0.39 is 12.8 Å². The van der Waals surface area contributed by atoms with Crippen LogP contribution >= 0.6 is 0 Å². The van der Waals surface area contributed by atoms with Gasteiger partial charge in [-0.3, -0.25) is 4.99 Å². The summed E-state index contributed by atoms with van der Waals surface area (Å²) in [6.07, 6.45) is -4.32. The Balaban J connectivity index is 1.77. The molecule has 0 aliphatic heterocycles. The molecule has 0 bridgehead atoms. The van der Waals surface area contributed by atoms with E-state index in [-0.39, 0.29) is 12.6 Å². The first-order chi connectivity index (χ1) is 14.8. The van der Waals surface area contributed by atoms with Gasteiger partial charge in [0.1, 0.15) is 6.61 Å². The Labute approximate surface area is 179 Å². The molecule has 0 heterocycles. The van der Waals surface area contributed by atoms with E-state index in [2.05, 4.69) is 20.4 Å². The monoisotopic (exact) mass is 437 g/mol. The van der Waals surface area contributed by atoms with Crippen LogP contribution in [-0.4, -0.2) is 38.4 Å². The summed E-state index contributed by atoms with van der Waals surface area (Å²) in [5.41, 5.74) is 3.09. The number of guanidine groups is 1. The Kier molecular flexibility index (Phi) is 9.33. The lowest BCUT2D eigenvalue weighted by Gasteiger charge is -2.13. The van der Waals surface area contributed by atoms with Crippen molar-refractivity contribution in [3.63, 3.8) is 0 Å². The molecule has 0 radical (unpaired) electrons. The average molecular weight is 437 g/mol. The SMILES string of the molecule is CCOC(=O)c1ccc(CNC(=NC)NCc2ccc(COCC(F)(F)F)cc2)cc1. The van der Waals surface area contributed by atoms with Gasteiger partial charge in [-0.2, -0.15) is 13.2 Å². The van der Waals surface area contributed by atoms with Crippen LogP contribution in [0.3, 0.4) is 0 Å². The van der Waals surface area contributed by atoms with Crippen molar-refractivity contribution >= 4 is 11.9 Å². The third kappa shape index (κ3) is 9.08. The molecule has 9 heteroatoms. The number of nitrogens with zero attached hydrogens (tertiary/aromatic N) is 1. The van der Waals surface area contributed by atoms with E-state index >= 15 is 0 Å². The number of carbonyl (C=O) groups is 1. The average Bonchev–Trinajstić information content (AvgIpc) is 2.74. The number of alkyl halides is 3. The van der Waals surface area contributed by atoms with Gasteiger partial charge in [-0.25, -0.2) is 4.79 Å². The van der Waals surface area contributed by atoms with E-state index in [0.29, 0.717) is 36.8 Å². The molecule has 0 spiro atoms. The number of hydrogen-bond donors (Lipinski definition) is 2. The highest BCUT2D eigenvalue weighted by Gasteiger charge is 2.27. The van der Waals surface area contributed by atoms with Gasteiger partial charge in [0.15, 0.2) is 5.96 Å². The number of ether oxygens (including phenoxy) is 2. The van der Waals surface area contributed by atoms with E-state index in [1.807, 2.05) is 24.3 Å². The first-order valence-electron chi connectivity index (χ1n) is 9.73. The lowest BCUT2D eigenvalue weighted by Crippen LogP contribution is -2.36. The summed E-state index contributed by atoms with van der Waals surface area (Å²) in [5.74, 6) is 0.240. The molecule has 0 amide bonds. The van der Waals surface area contributed by atoms with Crippen LogP contribution < -0.4 is 10.6 Å². The number of esters is 1. The summed E-state index contributed by atoms with van der Waals surface area (Å²) in [6.45, 7) is 1.74. The molecular weight excluding hydrogens is 411 g/mol. The second kappa shape index (κ2) is 11.9. The maximum Gasteiger partial charge on any atom is 0.411 e. The minimum absolute atomic E-state index is 0.0919. The maximum atomic E-state index is 12.1. The molecule has 6 nitrogen and oxygen atoms in total. The zero-order chi connectivity index (χ0) is 22.7. The maximum absolute atomic E-state index is 12.1. The lowest BCUT2D eigenvalue weighted by atomic mass is 10.1. The summed E-state index contributed by atoms with van der Waals surface area (Å²) in [6, 6.07) is 14.2. The molecule has 0 aliphatic rings. The fourth-order valence-electron chi connectivity index (χ4n) is 2.60. The molecule has 0 atom stereocenters. The van der Waals surface area contributed by atoms with Crippen LogP contribution in [0.1, 0.15) is 34.0 Å². The number of carbonyl (C=O) groups excluding carboxylic acids is 1. The van der Waals surface area contributed by atoms with Crippen molar-refractivity contribution in [3.05, 3.63) is 70.8 Å². The third-order valence-corrected chi connectivity index (χ3v) is 4.17. The summed E-state index contributed by atoms with van der Waals surface area (Å²) in [5, 5.41) is 6.35. The Bertz CT molecular complexity index is 851. The Morgan fingerprint density at radius 2 is 1.45 bits per heavy atom. The van der Waals surface area contributed by atoms with Gasteiger partial charge in [0.2, 0.25) is 0 Å². The number of halogens is 3. The van der Waals surface area contributed by atoms with Crippen molar-refractivity contribution in [2.75, 3.05) is 20.3 Å². The molecule has 31 heavy (non-hydrogen) atoms. The molecule has 2 aromatic carbocycles. The van der Waals surface area contributed by atoms with E-state index in [9.17, 15) is 18.0 Å². The quantitative estimate of drug-likeness (QED) is 0.355. The van der Waals surface area contributed by atoms with Gasteiger partial charge in [0, 0.05) is 20.1 Å². The van der Waals surface area contributed by atoms with E-state index in [4.69, 9.17) is 4.74 Å². The fourth-order valence-corrected chi connectivity index (χ4v) is 2.60. The molecule has 0 saturated carbocycles. The summed E-state index contributed by atoms with van der Waals surface area (Å²) in [4.78, 5) is 15.8. The van der Waals surface area contributed by atoms with Crippen molar-refractivity contribution in [1.29, 1.82) is 0 Å². The molecular formula is C22H26F3N3O3. The van der Waals surface area contributed by atoms with Gasteiger partial charge < -0.3 is 20.1 Å². The molecule has 2 rings (SSSR count). The highest BCUT2D eigenvalue weighted by atomic mass is 19.4. The minimum Gasteiger partial charge on any atom is -0.462 e. The largest absolute Gasteiger partial charge is 0.462 e. The van der Waals surface area contributed by atoms with Crippen LogP contribution in [0, 0.1) is 0 Å². The summed E-state index contributed by atoms with van der Waals surface area (Å²) < 4.78 is 45.9. The smallest absolute Gasteiger partial charge is 0.411 e. The van der Waals surface area contributed by atoms with Gasteiger partial charge in [-0.1, -0.05) is 36.4 Å². The van der Waals surface area contributed by atoms with Gasteiger partial charge >= 0.3 is 12.1 Å². The molecule has 0 saturated heterocycles. The highest BCUT2D eigenvalue weighted by Crippen LogP contribution is 2.16. The van der Waals surface area contributed by atoms with Crippen LogP contribution in [0.5, 0.6) is 0 Å². The second-order valence-electron chi connectivity index (χ2n) is 6.62. The van der Waals surface area contributed by atoms with E-state index in [0.717, 1.165) is 11.1 Å². The zero-order valence-electron chi connectivity index (χ0n) is 17.5. The first-order valence-corrected chi connectivity index (χ1v) is 9.73. The molecule has 168 valence electrons. The summed E-state index contributed by atoms with van der Waals surface area (Å²) in [7, 11) is 1.65. The minimum atomic E-state index is -4.32. The van der Waals surface area contributed by atoms with Crippen molar-refractivity contribution < 1.29 is 27.4 Å². The first kappa shape index (κ1) is 24.2. The van der Waals surface area contributed by atoms with Crippen molar-refractivity contribution in [3.8, 4) is 0 Å². The van der Waals surface area contributed by atoms with E-state index in [1.165, 1.54) is 0 Å². The number of rotatable bonds is 9. The fraction of sp³-hybridized carbons (Fsp3) is 0.364. The number of hydrogen-bond acceptors (Lipinski definition) is 4. The zero-order valence-corrected chi connectivity index (χ0v) is 17.5. The number of aliphatic imine (C=N–C) groups is 1. The Morgan fingerprint density at radius 1 is 0.935 bits per heavy atom. The standard InChI is InChI=1S/C22H26F3N3O3/c1-3-31-20(29)19-10-8-17(9-11-19)13-28-21(26-2)27-12-16-4-6-18(7-5-16)14-30-15-22(23,24)25/h4-11H,3,12-15H2,1-2H3,(H2,26,27,28). The van der Waals surface area contributed by atoms with Crippen LogP contribution in [0.4, 0.5) is 13.2 Å². The molecule has 2 aromatic rings. The van der Waals surface area contributed by atoms with Crippen molar-refractivity contribution in [2.24, 2.45) is 4.99 Å². The predicted octanol–water partition coefficient (Wildman–Crippen LogP) is 3.81. The molecule has 2 N–H and O–H groups in total. The van der Waals surface area contributed by atoms with Crippen LogP contribution in [0.15, 0.2) is 53.5 Å². The third-order valence-electron chi connectivity index (χ3n) is 4.17. The predicted molar refractivity (Wildman–Crippen MR) is 112 cm³/mol. The van der Waals surface area contributed by atoms with Crippen LogP contribution in [0.2, 0.25) is 0 Å². The van der Waals surface area contributed by atoms with Gasteiger partial charge in [-0.05, 0) is 35.7 Å². The second-order valence-corrected chi connectivity index (χ2v) is 6.62. The van der Waals surface area contributed by atoms with Crippen molar-refractivity contribution in [1.82, 2.24) is 10.6 Å².